The molecule has 4 rings (SSSR count). The number of benzene rings is 2. The average molecular weight is 477 g/mol. The lowest BCUT2D eigenvalue weighted by Gasteiger charge is -2.34. The summed E-state index contributed by atoms with van der Waals surface area (Å²) in [7, 11) is 1.68. The smallest absolute Gasteiger partial charge is 0.322 e. The number of aromatic nitrogens is 1. The van der Waals surface area contributed by atoms with Crippen LogP contribution in [0.4, 0.5) is 16.4 Å². The average Bonchev–Trinajstić information content (AvgIpc) is 3.29. The first-order valence-corrected chi connectivity index (χ1v) is 12.5. The summed E-state index contributed by atoms with van der Waals surface area (Å²) in [4.78, 5) is 17.6. The van der Waals surface area contributed by atoms with Crippen molar-refractivity contribution in [1.29, 1.82) is 0 Å². The molecule has 3 aromatic rings. The first-order valence-electron chi connectivity index (χ1n) is 12.5. The Balaban J connectivity index is 1.66. The molecule has 1 fully saturated rings. The third-order valence-corrected chi connectivity index (χ3v) is 6.59. The molecule has 1 aliphatic rings. The van der Waals surface area contributed by atoms with Crippen LogP contribution in [0, 0.1) is 6.92 Å². The SMILES string of the molecule is COCCCN(Cc1c(-c2ccccc2)noc1N1CCCCC1C)C(=O)Nc1ccc(C)cc1. The summed E-state index contributed by atoms with van der Waals surface area (Å²) in [5, 5.41) is 7.56. The number of amides is 2. The molecule has 7 heteroatoms. The van der Waals surface area contributed by atoms with Crippen LogP contribution in [0.2, 0.25) is 0 Å². The molecule has 0 bridgehead atoms. The predicted molar refractivity (Wildman–Crippen MR) is 140 cm³/mol. The highest BCUT2D eigenvalue weighted by Crippen LogP contribution is 2.35. The molecule has 0 radical (unpaired) electrons. The molecular weight excluding hydrogens is 440 g/mol. The van der Waals surface area contributed by atoms with Crippen LogP contribution in [-0.4, -0.2) is 48.9 Å². The zero-order valence-corrected chi connectivity index (χ0v) is 21.0. The monoisotopic (exact) mass is 476 g/mol. The van der Waals surface area contributed by atoms with E-state index in [2.05, 4.69) is 22.3 Å². The van der Waals surface area contributed by atoms with Crippen LogP contribution in [0.1, 0.15) is 43.7 Å². The molecule has 7 nitrogen and oxygen atoms in total. The number of nitrogens with zero attached hydrogens (tertiary/aromatic N) is 3. The summed E-state index contributed by atoms with van der Waals surface area (Å²) in [6.07, 6.45) is 4.19. The van der Waals surface area contributed by atoms with E-state index in [0.29, 0.717) is 25.7 Å². The van der Waals surface area contributed by atoms with Crippen molar-refractivity contribution in [3.05, 3.63) is 65.7 Å². The van der Waals surface area contributed by atoms with Crippen molar-refractivity contribution in [3.63, 3.8) is 0 Å². The molecule has 2 amide bonds. The minimum absolute atomic E-state index is 0.150. The van der Waals surface area contributed by atoms with Crippen molar-refractivity contribution >= 4 is 17.6 Å². The lowest BCUT2D eigenvalue weighted by atomic mass is 10.0. The molecule has 35 heavy (non-hydrogen) atoms. The third kappa shape index (κ3) is 6.22. The van der Waals surface area contributed by atoms with Crippen molar-refractivity contribution in [2.75, 3.05) is 37.0 Å². The Morgan fingerprint density at radius 1 is 1.17 bits per heavy atom. The number of ether oxygens (including phenoxy) is 1. The van der Waals surface area contributed by atoms with E-state index < -0.39 is 0 Å². The van der Waals surface area contributed by atoms with Crippen LogP contribution in [0.25, 0.3) is 11.3 Å². The van der Waals surface area contributed by atoms with Gasteiger partial charge in [0.25, 0.3) is 0 Å². The van der Waals surface area contributed by atoms with E-state index in [1.54, 1.807) is 7.11 Å². The van der Waals surface area contributed by atoms with Gasteiger partial charge in [0.05, 0.1) is 12.1 Å². The van der Waals surface area contributed by atoms with Gasteiger partial charge < -0.3 is 24.4 Å². The molecule has 1 unspecified atom stereocenters. The van der Waals surface area contributed by atoms with Gasteiger partial charge in [0, 0.05) is 44.1 Å². The first-order chi connectivity index (χ1) is 17.1. The molecule has 1 N–H and O–H groups in total. The topological polar surface area (TPSA) is 70.8 Å². The van der Waals surface area contributed by atoms with Crippen LogP contribution in [0.5, 0.6) is 0 Å². The van der Waals surface area contributed by atoms with E-state index in [1.807, 2.05) is 66.4 Å². The van der Waals surface area contributed by atoms with Gasteiger partial charge in [-0.25, -0.2) is 4.79 Å². The lowest BCUT2D eigenvalue weighted by Crippen LogP contribution is -2.39. The standard InChI is InChI=1S/C28H36N4O3/c1-21-13-15-24(16-14-21)29-28(33)31(17-9-19-34-3)20-25-26(23-11-5-4-6-12-23)30-35-27(25)32-18-8-7-10-22(32)2/h4-6,11-16,22H,7-10,17-20H2,1-3H3,(H,29,33). The summed E-state index contributed by atoms with van der Waals surface area (Å²) >= 11 is 0. The maximum Gasteiger partial charge on any atom is 0.322 e. The van der Waals surface area contributed by atoms with E-state index in [9.17, 15) is 4.79 Å². The Morgan fingerprint density at radius 3 is 2.66 bits per heavy atom. The van der Waals surface area contributed by atoms with E-state index >= 15 is 0 Å². The third-order valence-electron chi connectivity index (χ3n) is 6.59. The van der Waals surface area contributed by atoms with Crippen molar-refractivity contribution in [3.8, 4) is 11.3 Å². The molecular formula is C28H36N4O3. The van der Waals surface area contributed by atoms with E-state index in [4.69, 9.17) is 9.26 Å². The number of rotatable bonds is 9. The molecule has 1 aliphatic heterocycles. The van der Waals surface area contributed by atoms with Gasteiger partial charge in [-0.05, 0) is 51.7 Å². The molecule has 1 aromatic heterocycles. The van der Waals surface area contributed by atoms with Gasteiger partial charge >= 0.3 is 6.03 Å². The van der Waals surface area contributed by atoms with Crippen molar-refractivity contribution < 1.29 is 14.1 Å². The zero-order valence-electron chi connectivity index (χ0n) is 21.0. The van der Waals surface area contributed by atoms with Crippen LogP contribution in [-0.2, 0) is 11.3 Å². The minimum Gasteiger partial charge on any atom is -0.385 e. The number of piperidine rings is 1. The Kier molecular flexibility index (Phi) is 8.42. The van der Waals surface area contributed by atoms with Gasteiger partial charge in [0.15, 0.2) is 0 Å². The minimum atomic E-state index is -0.150. The van der Waals surface area contributed by atoms with E-state index in [-0.39, 0.29) is 6.03 Å². The molecule has 0 spiro atoms. The van der Waals surface area contributed by atoms with E-state index in [0.717, 1.165) is 59.8 Å². The highest BCUT2D eigenvalue weighted by atomic mass is 16.5. The molecule has 1 atom stereocenters. The van der Waals surface area contributed by atoms with Crippen LogP contribution in [0.3, 0.4) is 0 Å². The fraction of sp³-hybridized carbons (Fsp3) is 0.429. The molecule has 0 aliphatic carbocycles. The number of methoxy groups -OCH3 is 1. The summed E-state index contributed by atoms with van der Waals surface area (Å²) in [5.41, 5.74) is 4.64. The van der Waals surface area contributed by atoms with Crippen LogP contribution in [0.15, 0.2) is 59.1 Å². The second kappa shape index (κ2) is 11.9. The number of urea groups is 1. The van der Waals surface area contributed by atoms with Crippen molar-refractivity contribution in [2.24, 2.45) is 0 Å². The lowest BCUT2D eigenvalue weighted by molar-refractivity contribution is 0.171. The number of aryl methyl sites for hydroxylation is 1. The molecule has 2 aromatic carbocycles. The fourth-order valence-electron chi connectivity index (χ4n) is 4.57. The largest absolute Gasteiger partial charge is 0.385 e. The maximum atomic E-state index is 13.4. The van der Waals surface area contributed by atoms with Gasteiger partial charge in [-0.3, -0.25) is 0 Å². The Labute approximate surface area is 208 Å². The van der Waals surface area contributed by atoms with Gasteiger partial charge in [-0.1, -0.05) is 53.2 Å². The van der Waals surface area contributed by atoms with Gasteiger partial charge in [-0.15, -0.1) is 0 Å². The number of hydrogen-bond acceptors (Lipinski definition) is 5. The number of carbonyl (C=O) groups excluding carboxylic acids is 1. The summed E-state index contributed by atoms with van der Waals surface area (Å²) in [5.74, 6) is 0.774. The van der Waals surface area contributed by atoms with Gasteiger partial charge in [-0.2, -0.15) is 0 Å². The normalized spacial score (nSPS) is 15.7. The number of anilines is 2. The molecule has 1 saturated heterocycles. The first kappa shape index (κ1) is 24.8. The van der Waals surface area contributed by atoms with Gasteiger partial charge in [0.1, 0.15) is 5.69 Å². The number of nitrogens with one attached hydrogen (secondary N) is 1. The number of carbonyl (C=O) groups is 1. The number of hydrogen-bond donors (Lipinski definition) is 1. The zero-order chi connectivity index (χ0) is 24.6. The quantitative estimate of drug-likeness (QED) is 0.378. The van der Waals surface area contributed by atoms with Crippen molar-refractivity contribution in [2.45, 2.75) is 52.1 Å². The predicted octanol–water partition coefficient (Wildman–Crippen LogP) is 6.10. The molecule has 2 heterocycles. The van der Waals surface area contributed by atoms with Crippen LogP contribution < -0.4 is 10.2 Å². The Morgan fingerprint density at radius 2 is 1.94 bits per heavy atom. The van der Waals surface area contributed by atoms with Crippen molar-refractivity contribution in [1.82, 2.24) is 10.1 Å². The van der Waals surface area contributed by atoms with Gasteiger partial charge in [0.2, 0.25) is 5.88 Å². The second-order valence-electron chi connectivity index (χ2n) is 9.28. The highest BCUT2D eigenvalue weighted by Gasteiger charge is 2.29. The summed E-state index contributed by atoms with van der Waals surface area (Å²) in [6.45, 7) is 6.72. The Hall–Kier alpha value is -3.32. The summed E-state index contributed by atoms with van der Waals surface area (Å²) < 4.78 is 11.3. The summed E-state index contributed by atoms with van der Waals surface area (Å²) in [6, 6.07) is 18.1. The second-order valence-corrected chi connectivity index (χ2v) is 9.28. The fourth-order valence-corrected chi connectivity index (χ4v) is 4.57. The molecule has 186 valence electrons. The Bertz CT molecular complexity index is 1080. The van der Waals surface area contributed by atoms with E-state index in [1.165, 1.54) is 6.42 Å². The maximum absolute atomic E-state index is 13.4. The highest BCUT2D eigenvalue weighted by molar-refractivity contribution is 5.89. The van der Waals surface area contributed by atoms with Crippen LogP contribution >= 0.6 is 0 Å². The molecule has 0 saturated carbocycles.